The van der Waals surface area contributed by atoms with Crippen LogP contribution in [0.3, 0.4) is 0 Å². The van der Waals surface area contributed by atoms with Crippen LogP contribution in [-0.4, -0.2) is 22.6 Å². The molecule has 0 amide bonds. The number of azo groups is 1. The molecule has 0 aromatic rings. The highest BCUT2D eigenvalue weighted by molar-refractivity contribution is 5.82. The van der Waals surface area contributed by atoms with E-state index in [-0.39, 0.29) is 11.1 Å². The zero-order valence-corrected chi connectivity index (χ0v) is 11.9. The average molecular weight is 274 g/mol. The lowest BCUT2D eigenvalue weighted by Crippen LogP contribution is -2.34. The molecule has 0 heterocycles. The van der Waals surface area contributed by atoms with Crippen molar-refractivity contribution in [3.8, 4) is 0 Å². The van der Waals surface area contributed by atoms with Gasteiger partial charge >= 0.3 is 0 Å². The van der Waals surface area contributed by atoms with E-state index in [2.05, 4.69) is 0 Å². The molecule has 4 fully saturated rings. The molecule has 4 saturated carbocycles. The summed E-state index contributed by atoms with van der Waals surface area (Å²) in [5.74, 6) is 1.80. The number of ketones is 2. The van der Waals surface area contributed by atoms with Crippen LogP contribution in [0.5, 0.6) is 0 Å². The topological polar surface area (TPSA) is 58.9 Å². The minimum absolute atomic E-state index is 0.201. The highest BCUT2D eigenvalue weighted by Crippen LogP contribution is 2.50. The molecular formula is C16H22N2O2. The molecule has 4 unspecified atom stereocenters. The van der Waals surface area contributed by atoms with E-state index < -0.39 is 0 Å². The number of hydrogen-bond acceptors (Lipinski definition) is 4. The van der Waals surface area contributed by atoms with Gasteiger partial charge in [0.15, 0.2) is 0 Å². The van der Waals surface area contributed by atoms with Gasteiger partial charge in [0.25, 0.3) is 0 Å². The van der Waals surface area contributed by atoms with Gasteiger partial charge < -0.3 is 0 Å². The summed E-state index contributed by atoms with van der Waals surface area (Å²) >= 11 is 0. The fourth-order valence-electron chi connectivity index (χ4n) is 5.08. The first kappa shape index (κ1) is 12.7. The second-order valence-electron chi connectivity index (χ2n) is 7.71. The van der Waals surface area contributed by atoms with E-state index in [0.717, 1.165) is 51.4 Å². The maximum absolute atomic E-state index is 11.8. The van der Waals surface area contributed by atoms with Crippen molar-refractivity contribution < 1.29 is 9.59 Å². The van der Waals surface area contributed by atoms with Crippen LogP contribution >= 0.6 is 0 Å². The second-order valence-corrected chi connectivity index (χ2v) is 7.71. The van der Waals surface area contributed by atoms with Crippen LogP contribution in [0.2, 0.25) is 0 Å². The predicted octanol–water partition coefficient (Wildman–Crippen LogP) is 3.24. The van der Waals surface area contributed by atoms with E-state index in [1.54, 1.807) is 0 Å². The maximum Gasteiger partial charge on any atom is 0.135 e. The van der Waals surface area contributed by atoms with Crippen molar-refractivity contribution in [1.82, 2.24) is 0 Å². The molecule has 0 aromatic heterocycles. The summed E-state index contributed by atoms with van der Waals surface area (Å²) in [6.45, 7) is 0. The van der Waals surface area contributed by atoms with E-state index in [9.17, 15) is 9.59 Å². The Kier molecular flexibility index (Phi) is 2.67. The van der Waals surface area contributed by atoms with Crippen LogP contribution in [0.25, 0.3) is 0 Å². The summed E-state index contributed by atoms with van der Waals surface area (Å²) in [7, 11) is 0. The molecule has 0 spiro atoms. The number of hydrogen-bond donors (Lipinski definition) is 0. The SMILES string of the molecule is O=C1CC2CCC(N=NC34CCC(CC(=O)C3)C4)(C1)C2. The monoisotopic (exact) mass is 274 g/mol. The molecule has 20 heavy (non-hydrogen) atoms. The predicted molar refractivity (Wildman–Crippen MR) is 73.5 cm³/mol. The minimum atomic E-state index is -0.201. The quantitative estimate of drug-likeness (QED) is 0.726. The summed E-state index contributed by atoms with van der Waals surface area (Å²) in [4.78, 5) is 23.7. The van der Waals surface area contributed by atoms with E-state index in [0.29, 0.717) is 36.2 Å². The van der Waals surface area contributed by atoms with Crippen molar-refractivity contribution in [3.63, 3.8) is 0 Å². The number of carbonyl (C=O) groups excluding carboxylic acids is 2. The molecule has 4 aliphatic rings. The summed E-state index contributed by atoms with van der Waals surface area (Å²) in [6.07, 6.45) is 9.03. The highest BCUT2D eigenvalue weighted by Gasteiger charge is 2.49. The smallest absolute Gasteiger partial charge is 0.135 e. The Morgan fingerprint density at radius 2 is 1.25 bits per heavy atom. The van der Waals surface area contributed by atoms with Crippen LogP contribution in [0.1, 0.15) is 64.2 Å². The number of fused-ring (bicyclic) bond motifs is 4. The molecule has 0 aromatic carbocycles. The largest absolute Gasteiger partial charge is 0.300 e. The first-order valence-electron chi connectivity index (χ1n) is 8.04. The number of Topliss-reactive ketones (excluding diaryl/α,β-unsaturated/α-hetero) is 2. The Morgan fingerprint density at radius 1 is 0.800 bits per heavy atom. The van der Waals surface area contributed by atoms with Crippen molar-refractivity contribution in [2.75, 3.05) is 0 Å². The summed E-state index contributed by atoms with van der Waals surface area (Å²) in [5, 5.41) is 9.41. The van der Waals surface area contributed by atoms with Crippen LogP contribution in [0.4, 0.5) is 0 Å². The third-order valence-corrected chi connectivity index (χ3v) is 5.93. The minimum Gasteiger partial charge on any atom is -0.300 e. The number of carbonyl (C=O) groups is 2. The summed E-state index contributed by atoms with van der Waals surface area (Å²) < 4.78 is 0. The Labute approximate surface area is 119 Å². The molecule has 4 aliphatic carbocycles. The van der Waals surface area contributed by atoms with Gasteiger partial charge in [-0.2, -0.15) is 10.2 Å². The maximum atomic E-state index is 11.8. The Balaban J connectivity index is 1.56. The molecule has 4 atom stereocenters. The van der Waals surface area contributed by atoms with E-state index in [4.69, 9.17) is 10.2 Å². The molecule has 0 saturated heterocycles. The molecular weight excluding hydrogens is 252 g/mol. The number of nitrogens with zero attached hydrogens (tertiary/aromatic N) is 2. The first-order chi connectivity index (χ1) is 9.57. The van der Waals surface area contributed by atoms with Crippen molar-refractivity contribution in [3.05, 3.63) is 0 Å². The molecule has 0 radical (unpaired) electrons. The molecule has 4 rings (SSSR count). The third-order valence-electron chi connectivity index (χ3n) is 5.93. The molecule has 0 aliphatic heterocycles. The number of rotatable bonds is 2. The van der Waals surface area contributed by atoms with E-state index in [1.807, 2.05) is 0 Å². The molecule has 108 valence electrons. The highest BCUT2D eigenvalue weighted by atomic mass is 16.1. The van der Waals surface area contributed by atoms with Gasteiger partial charge in [0.2, 0.25) is 0 Å². The second kappa shape index (κ2) is 4.22. The van der Waals surface area contributed by atoms with E-state index >= 15 is 0 Å². The lowest BCUT2D eigenvalue weighted by molar-refractivity contribution is -0.123. The van der Waals surface area contributed by atoms with Crippen molar-refractivity contribution in [2.45, 2.75) is 75.3 Å². The van der Waals surface area contributed by atoms with E-state index in [1.165, 1.54) is 0 Å². The van der Waals surface area contributed by atoms with Gasteiger partial charge in [-0.05, 0) is 50.4 Å². The Morgan fingerprint density at radius 3 is 1.70 bits per heavy atom. The molecule has 4 bridgehead atoms. The lowest BCUT2D eigenvalue weighted by atomic mass is 9.82. The standard InChI is InChI=1S/C16H22N2O2/c19-13-5-11-1-3-15(7-11,9-13)17-18-16-4-2-12(8-16)6-14(20)10-16/h11-12H,1-10H2. The molecule has 4 nitrogen and oxygen atoms in total. The van der Waals surface area contributed by atoms with Crippen LogP contribution in [-0.2, 0) is 9.59 Å². The fraction of sp³-hybridized carbons (Fsp3) is 0.875. The Hall–Kier alpha value is -1.06. The summed E-state index contributed by atoms with van der Waals surface area (Å²) in [6, 6.07) is 0. The van der Waals surface area contributed by atoms with Gasteiger partial charge in [-0.3, -0.25) is 9.59 Å². The van der Waals surface area contributed by atoms with Crippen LogP contribution in [0, 0.1) is 11.8 Å². The first-order valence-corrected chi connectivity index (χ1v) is 8.04. The third kappa shape index (κ3) is 2.04. The zero-order valence-electron chi connectivity index (χ0n) is 11.9. The lowest BCUT2D eigenvalue weighted by Gasteiger charge is -2.31. The van der Waals surface area contributed by atoms with Gasteiger partial charge in [0.05, 0.1) is 11.1 Å². The van der Waals surface area contributed by atoms with Gasteiger partial charge in [0, 0.05) is 25.7 Å². The van der Waals surface area contributed by atoms with Crippen molar-refractivity contribution in [1.29, 1.82) is 0 Å². The average Bonchev–Trinajstić information content (AvgIpc) is 2.86. The van der Waals surface area contributed by atoms with Gasteiger partial charge in [0.1, 0.15) is 11.6 Å². The van der Waals surface area contributed by atoms with Crippen molar-refractivity contribution >= 4 is 11.6 Å². The van der Waals surface area contributed by atoms with Crippen LogP contribution < -0.4 is 0 Å². The molecule has 0 N–H and O–H groups in total. The molecule has 4 heteroatoms. The van der Waals surface area contributed by atoms with Gasteiger partial charge in [-0.15, -0.1) is 0 Å². The fourth-order valence-corrected chi connectivity index (χ4v) is 5.08. The van der Waals surface area contributed by atoms with Crippen LogP contribution in [0.15, 0.2) is 10.2 Å². The summed E-state index contributed by atoms with van der Waals surface area (Å²) in [5.41, 5.74) is -0.402. The Bertz CT molecular complexity index is 457. The van der Waals surface area contributed by atoms with Gasteiger partial charge in [-0.25, -0.2) is 0 Å². The zero-order chi connectivity index (χ0) is 13.8. The normalized spacial score (nSPS) is 47.4. The van der Waals surface area contributed by atoms with Crippen molar-refractivity contribution in [2.24, 2.45) is 22.1 Å². The van der Waals surface area contributed by atoms with Gasteiger partial charge in [-0.1, -0.05) is 0 Å².